The van der Waals surface area contributed by atoms with Gasteiger partial charge in [0.1, 0.15) is 11.7 Å². The molecule has 5 rings (SSSR count). The quantitative estimate of drug-likeness (QED) is 0.746. The highest BCUT2D eigenvalue weighted by molar-refractivity contribution is 5.81. The van der Waals surface area contributed by atoms with Crippen LogP contribution in [0.15, 0.2) is 0 Å². The summed E-state index contributed by atoms with van der Waals surface area (Å²) < 4.78 is 11.2. The number of alkyl carbamates (subject to hydrolysis) is 1. The third kappa shape index (κ3) is 4.03. The molecule has 5 fully saturated rings. The van der Waals surface area contributed by atoms with E-state index in [4.69, 9.17) is 15.2 Å². The number of amides is 3. The Hall–Kier alpha value is -1.99. The molecule has 1 saturated heterocycles. The van der Waals surface area contributed by atoms with Gasteiger partial charge >= 0.3 is 12.2 Å². The number of ether oxygens (including phenoxy) is 2. The first-order valence-electron chi connectivity index (χ1n) is 10.8. The van der Waals surface area contributed by atoms with Gasteiger partial charge in [-0.3, -0.25) is 4.79 Å². The molecule has 5 unspecified atom stereocenters. The van der Waals surface area contributed by atoms with Crippen LogP contribution in [0.4, 0.5) is 9.59 Å². The number of nitrogens with one attached hydrogen (secondary N) is 1. The van der Waals surface area contributed by atoms with Crippen molar-refractivity contribution < 1.29 is 23.9 Å². The molecule has 162 valence electrons. The van der Waals surface area contributed by atoms with Gasteiger partial charge in [-0.2, -0.15) is 0 Å². The topological polar surface area (TPSA) is 111 Å². The minimum Gasteiger partial charge on any atom is -0.446 e. The first kappa shape index (κ1) is 20.3. The summed E-state index contributed by atoms with van der Waals surface area (Å²) in [6.07, 6.45) is 4.22. The van der Waals surface area contributed by atoms with Crippen molar-refractivity contribution in [1.29, 1.82) is 0 Å². The van der Waals surface area contributed by atoms with Crippen LogP contribution in [-0.2, 0) is 14.3 Å². The fourth-order valence-electron chi connectivity index (χ4n) is 6.18. The van der Waals surface area contributed by atoms with E-state index in [2.05, 4.69) is 5.32 Å². The largest absolute Gasteiger partial charge is 0.446 e. The van der Waals surface area contributed by atoms with Crippen molar-refractivity contribution in [3.8, 4) is 0 Å². The van der Waals surface area contributed by atoms with Crippen molar-refractivity contribution >= 4 is 18.1 Å². The van der Waals surface area contributed by atoms with Crippen LogP contribution < -0.4 is 11.1 Å². The summed E-state index contributed by atoms with van der Waals surface area (Å²) in [4.78, 5) is 38.5. The Balaban J connectivity index is 1.31. The molecule has 3 N–H and O–H groups in total. The van der Waals surface area contributed by atoms with Crippen LogP contribution in [-0.4, -0.2) is 53.8 Å². The van der Waals surface area contributed by atoms with Crippen LogP contribution in [0.3, 0.4) is 0 Å². The van der Waals surface area contributed by atoms with Crippen molar-refractivity contribution in [2.24, 2.45) is 28.9 Å². The second kappa shape index (κ2) is 7.06. The number of hydrogen-bond acceptors (Lipinski definition) is 5. The Kier molecular flexibility index (Phi) is 4.94. The number of likely N-dealkylation sites (tertiary alicyclic amines) is 1. The predicted molar refractivity (Wildman–Crippen MR) is 105 cm³/mol. The highest BCUT2D eigenvalue weighted by atomic mass is 16.6. The smallest absolute Gasteiger partial charge is 0.410 e. The molecular formula is C21H33N3O5. The molecule has 8 heteroatoms. The fraction of sp³-hybridized carbons (Fsp3) is 0.857. The van der Waals surface area contributed by atoms with Crippen molar-refractivity contribution in [2.75, 3.05) is 13.1 Å². The molecule has 29 heavy (non-hydrogen) atoms. The van der Waals surface area contributed by atoms with Crippen LogP contribution in [0.1, 0.15) is 59.3 Å². The lowest BCUT2D eigenvalue weighted by Crippen LogP contribution is -2.59. The minimum absolute atomic E-state index is 0.121. The average molecular weight is 408 g/mol. The average Bonchev–Trinajstić information content (AvgIpc) is 3.04. The Morgan fingerprint density at radius 2 is 1.76 bits per heavy atom. The fourth-order valence-corrected chi connectivity index (χ4v) is 6.18. The van der Waals surface area contributed by atoms with Gasteiger partial charge in [-0.25, -0.2) is 9.59 Å². The Bertz CT molecular complexity index is 687. The van der Waals surface area contributed by atoms with Gasteiger partial charge in [-0.1, -0.05) is 0 Å². The predicted octanol–water partition coefficient (Wildman–Crippen LogP) is 2.40. The van der Waals surface area contributed by atoms with Crippen LogP contribution in [0.25, 0.3) is 0 Å². The van der Waals surface area contributed by atoms with Crippen molar-refractivity contribution in [2.45, 2.75) is 77.0 Å². The number of nitrogens with zero attached hydrogens (tertiary/aromatic N) is 1. The molecule has 5 aliphatic rings. The summed E-state index contributed by atoms with van der Waals surface area (Å²) in [5.41, 5.74) is 4.80. The molecule has 0 radical (unpaired) electrons. The SMILES string of the molecule is CC(C)(C)OC(=O)NC1CCN(C(=O)OC2C3CC4C[C@@H]2CC(C(N)=O)(C4)C3)C1. The van der Waals surface area contributed by atoms with Crippen molar-refractivity contribution in [1.82, 2.24) is 10.2 Å². The molecule has 4 bridgehead atoms. The van der Waals surface area contributed by atoms with Gasteiger partial charge in [-0.15, -0.1) is 0 Å². The number of carbonyl (C=O) groups is 3. The zero-order valence-corrected chi connectivity index (χ0v) is 17.6. The maximum Gasteiger partial charge on any atom is 0.410 e. The number of hydrogen-bond donors (Lipinski definition) is 2. The van der Waals surface area contributed by atoms with Crippen molar-refractivity contribution in [3.05, 3.63) is 0 Å². The lowest BCUT2D eigenvalue weighted by molar-refractivity contribution is -0.161. The van der Waals surface area contributed by atoms with Crippen LogP contribution in [0, 0.1) is 23.2 Å². The summed E-state index contributed by atoms with van der Waals surface area (Å²) in [6, 6.07) is -0.131. The molecule has 0 spiro atoms. The number of nitrogens with two attached hydrogens (primary N) is 1. The molecule has 0 aromatic heterocycles. The molecular weight excluding hydrogens is 374 g/mol. The van der Waals surface area contributed by atoms with Gasteiger partial charge in [0.25, 0.3) is 0 Å². The third-order valence-electron chi connectivity index (χ3n) is 7.11. The van der Waals surface area contributed by atoms with E-state index in [-0.39, 0.29) is 41.4 Å². The first-order chi connectivity index (χ1) is 13.5. The molecule has 4 aliphatic carbocycles. The molecule has 0 aromatic rings. The van der Waals surface area contributed by atoms with Gasteiger partial charge in [0.2, 0.25) is 5.91 Å². The Labute approximate surface area is 171 Å². The maximum absolute atomic E-state index is 12.8. The molecule has 8 nitrogen and oxygen atoms in total. The molecule has 3 amide bonds. The summed E-state index contributed by atoms with van der Waals surface area (Å²) in [7, 11) is 0. The molecule has 1 aliphatic heterocycles. The lowest BCUT2D eigenvalue weighted by Gasteiger charge is -2.58. The Morgan fingerprint density at radius 1 is 1.10 bits per heavy atom. The van der Waals surface area contributed by atoms with Gasteiger partial charge < -0.3 is 25.4 Å². The normalized spacial score (nSPS) is 38.0. The second-order valence-corrected chi connectivity index (χ2v) is 10.5. The molecule has 4 saturated carbocycles. The number of primary amides is 1. The summed E-state index contributed by atoms with van der Waals surface area (Å²) in [5.74, 6) is 0.813. The van der Waals surface area contributed by atoms with Crippen LogP contribution in [0.5, 0.6) is 0 Å². The monoisotopic (exact) mass is 407 g/mol. The highest BCUT2D eigenvalue weighted by Gasteiger charge is 2.59. The number of carbonyl (C=O) groups excluding carboxylic acids is 3. The summed E-state index contributed by atoms with van der Waals surface area (Å²) in [5, 5.41) is 2.83. The Morgan fingerprint density at radius 3 is 2.34 bits per heavy atom. The van der Waals surface area contributed by atoms with E-state index in [0.717, 1.165) is 32.1 Å². The summed E-state index contributed by atoms with van der Waals surface area (Å²) in [6.45, 7) is 6.43. The van der Waals surface area contributed by atoms with E-state index in [1.54, 1.807) is 4.90 Å². The van der Waals surface area contributed by atoms with E-state index in [1.165, 1.54) is 0 Å². The molecule has 0 aromatic carbocycles. The third-order valence-corrected chi connectivity index (χ3v) is 7.11. The van der Waals surface area contributed by atoms with Crippen LogP contribution in [0.2, 0.25) is 0 Å². The first-order valence-corrected chi connectivity index (χ1v) is 10.8. The van der Waals surface area contributed by atoms with Crippen LogP contribution >= 0.6 is 0 Å². The lowest BCUT2D eigenvalue weighted by atomic mass is 9.48. The van der Waals surface area contributed by atoms with Gasteiger partial charge in [0.05, 0.1) is 11.5 Å². The van der Waals surface area contributed by atoms with E-state index in [0.29, 0.717) is 25.4 Å². The van der Waals surface area contributed by atoms with Gasteiger partial charge in [0.15, 0.2) is 0 Å². The molecule has 1 heterocycles. The van der Waals surface area contributed by atoms with E-state index in [9.17, 15) is 14.4 Å². The minimum atomic E-state index is -0.553. The second-order valence-electron chi connectivity index (χ2n) is 10.5. The zero-order valence-electron chi connectivity index (χ0n) is 17.6. The van der Waals surface area contributed by atoms with Crippen molar-refractivity contribution in [3.63, 3.8) is 0 Å². The van der Waals surface area contributed by atoms with Gasteiger partial charge in [-0.05, 0) is 77.0 Å². The highest BCUT2D eigenvalue weighted by Crippen LogP contribution is 2.60. The standard InChI is InChI=1S/C21H33N3O5/c1-20(2,3)29-18(26)23-15-4-5-24(11-15)19(27)28-16-13-6-12-7-14(16)10-21(8-12,9-13)17(22)25/h12-16H,4-11H2,1-3H3,(H2,22,25)(H,23,26)/t12?,13-,14?,15?,16?,21?/m1/s1. The number of rotatable bonds is 3. The van der Waals surface area contributed by atoms with E-state index >= 15 is 0 Å². The van der Waals surface area contributed by atoms with Gasteiger partial charge in [0, 0.05) is 13.1 Å². The van der Waals surface area contributed by atoms with E-state index in [1.807, 2.05) is 20.8 Å². The summed E-state index contributed by atoms with van der Waals surface area (Å²) >= 11 is 0. The maximum atomic E-state index is 12.8. The zero-order chi connectivity index (χ0) is 21.0. The van der Waals surface area contributed by atoms with E-state index < -0.39 is 11.7 Å². The molecule has 6 atom stereocenters.